The molecule has 62 heavy (non-hydrogen) atoms. The highest BCUT2D eigenvalue weighted by molar-refractivity contribution is 6.05. The van der Waals surface area contributed by atoms with Gasteiger partial charge in [-0.15, -0.1) is 0 Å². The number of nitrogens with two attached hydrogens (primary N) is 2. The number of ether oxygens (including phenoxy) is 1. The number of benzene rings is 2. The monoisotopic (exact) mass is 854 g/mol. The minimum Gasteiger partial charge on any atom is -0.465 e. The van der Waals surface area contributed by atoms with E-state index in [1.807, 2.05) is 19.1 Å². The summed E-state index contributed by atoms with van der Waals surface area (Å²) in [6.07, 6.45) is -6.29. The van der Waals surface area contributed by atoms with Gasteiger partial charge in [0.05, 0.1) is 65.5 Å². The number of alkyl halides is 6. The molecule has 0 bridgehead atoms. The third-order valence-electron chi connectivity index (χ3n) is 9.59. The third-order valence-corrected chi connectivity index (χ3v) is 9.59. The van der Waals surface area contributed by atoms with Crippen molar-refractivity contribution in [2.24, 2.45) is 11.5 Å². The van der Waals surface area contributed by atoms with Gasteiger partial charge in [-0.1, -0.05) is 24.3 Å². The van der Waals surface area contributed by atoms with Crippen molar-refractivity contribution in [2.45, 2.75) is 44.9 Å². The zero-order chi connectivity index (χ0) is 44.5. The number of nitrogens with zero attached hydrogens (tertiary/aromatic N) is 8. The molecule has 2 aromatic carbocycles. The van der Waals surface area contributed by atoms with Gasteiger partial charge in [0, 0.05) is 34.0 Å². The van der Waals surface area contributed by atoms with Crippen LogP contribution in [0, 0.1) is 0 Å². The number of hydrogen-bond acceptors (Lipinski definition) is 11. The summed E-state index contributed by atoms with van der Waals surface area (Å²) in [5, 5.41) is 19.3. The van der Waals surface area contributed by atoms with Gasteiger partial charge in [-0.25, -0.2) is 24.1 Å². The molecule has 2 atom stereocenters. The fourth-order valence-electron chi connectivity index (χ4n) is 6.53. The van der Waals surface area contributed by atoms with E-state index < -0.39 is 29.7 Å². The van der Waals surface area contributed by atoms with Gasteiger partial charge < -0.3 is 21.3 Å². The van der Waals surface area contributed by atoms with Crippen LogP contribution in [0.2, 0.25) is 0 Å². The highest BCUT2D eigenvalue weighted by atomic mass is 19.4. The Morgan fingerprint density at radius 1 is 0.661 bits per heavy atom. The molecule has 0 fully saturated rings. The lowest BCUT2D eigenvalue weighted by atomic mass is 10.0. The van der Waals surface area contributed by atoms with Crippen LogP contribution in [-0.4, -0.2) is 57.7 Å². The molecule has 0 aliphatic rings. The maximum Gasteiger partial charge on any atom is 0.433 e. The van der Waals surface area contributed by atoms with Crippen molar-refractivity contribution in [1.29, 1.82) is 0 Å². The van der Waals surface area contributed by atoms with Gasteiger partial charge >= 0.3 is 18.3 Å². The maximum atomic E-state index is 13.2. The Hall–Kier alpha value is -7.09. The van der Waals surface area contributed by atoms with Gasteiger partial charge in [-0.05, 0) is 92.2 Å². The quantitative estimate of drug-likeness (QED) is 0.0986. The van der Waals surface area contributed by atoms with Crippen molar-refractivity contribution in [1.82, 2.24) is 39.5 Å². The average Bonchev–Trinajstić information content (AvgIpc) is 3.90. The summed E-state index contributed by atoms with van der Waals surface area (Å²) in [5.41, 5.74) is 15.2. The molecule has 0 spiro atoms. The van der Waals surface area contributed by atoms with Crippen molar-refractivity contribution in [3.05, 3.63) is 143 Å². The number of carbonyl (C=O) groups excluding carboxylic acids is 1. The number of pyridine rings is 4. The van der Waals surface area contributed by atoms with E-state index in [0.29, 0.717) is 61.3 Å². The first-order chi connectivity index (χ1) is 29.5. The Labute approximate surface area is 348 Å². The molecule has 8 rings (SSSR count). The molecule has 8 aromatic rings. The van der Waals surface area contributed by atoms with E-state index in [0.717, 1.165) is 12.1 Å². The molecule has 19 heteroatoms. The molecule has 0 aliphatic heterocycles. The predicted molar refractivity (Wildman–Crippen MR) is 217 cm³/mol. The van der Waals surface area contributed by atoms with Gasteiger partial charge in [0.25, 0.3) is 0 Å². The molecule has 0 amide bonds. The first-order valence-corrected chi connectivity index (χ1v) is 18.7. The summed E-state index contributed by atoms with van der Waals surface area (Å²) in [4.78, 5) is 29.0. The van der Waals surface area contributed by atoms with Gasteiger partial charge in [0.1, 0.15) is 11.4 Å². The Morgan fingerprint density at radius 3 is 1.56 bits per heavy atom. The van der Waals surface area contributed by atoms with E-state index in [2.05, 4.69) is 30.1 Å². The van der Waals surface area contributed by atoms with Crippen molar-refractivity contribution in [2.75, 3.05) is 7.11 Å². The van der Waals surface area contributed by atoms with E-state index in [-0.39, 0.29) is 35.9 Å². The minimum atomic E-state index is -4.61. The summed E-state index contributed by atoms with van der Waals surface area (Å²) >= 11 is 0. The molecule has 13 nitrogen and oxygen atoms in total. The van der Waals surface area contributed by atoms with E-state index in [9.17, 15) is 36.2 Å². The molecular formula is C43H36F6N10O3. The molecule has 0 saturated heterocycles. The molecular weight excluding hydrogens is 819 g/mol. The van der Waals surface area contributed by atoms with Crippen molar-refractivity contribution >= 4 is 27.8 Å². The number of aliphatic hydroxyl groups is 1. The van der Waals surface area contributed by atoms with Crippen molar-refractivity contribution < 1.29 is 41.0 Å². The summed E-state index contributed by atoms with van der Waals surface area (Å²) < 4.78 is 86.2. The normalized spacial score (nSPS) is 12.8. The van der Waals surface area contributed by atoms with Crippen LogP contribution in [0.25, 0.3) is 56.0 Å². The third kappa shape index (κ3) is 8.85. The van der Waals surface area contributed by atoms with Crippen LogP contribution in [0.4, 0.5) is 26.3 Å². The van der Waals surface area contributed by atoms with Gasteiger partial charge in [0.2, 0.25) is 0 Å². The summed E-state index contributed by atoms with van der Waals surface area (Å²) in [6.45, 7) is 3.35. The SMILES string of the molecule is CC(N)c1cccc(-c2cc(CO)c3cnn(-c4cccc(C(F)(F)F)n4)c3c2)n1.COC(=O)c1cc(-c2cccc(C(C)N)n2)cc2c1cnn2-c1cccc(C(F)(F)F)n1. The number of aromatic nitrogens is 8. The Kier molecular flexibility index (Phi) is 11.9. The number of methoxy groups -OCH3 is 1. The fourth-order valence-corrected chi connectivity index (χ4v) is 6.53. The zero-order valence-corrected chi connectivity index (χ0v) is 33.0. The second-order valence-corrected chi connectivity index (χ2v) is 14.0. The lowest BCUT2D eigenvalue weighted by molar-refractivity contribution is -0.141. The van der Waals surface area contributed by atoms with Crippen LogP contribution in [0.5, 0.6) is 0 Å². The molecule has 6 heterocycles. The van der Waals surface area contributed by atoms with Crippen LogP contribution in [0.3, 0.4) is 0 Å². The van der Waals surface area contributed by atoms with Crippen LogP contribution in [0.1, 0.15) is 64.6 Å². The number of rotatable bonds is 8. The predicted octanol–water partition coefficient (Wildman–Crippen LogP) is 8.32. The van der Waals surface area contributed by atoms with Crippen LogP contribution < -0.4 is 11.5 Å². The molecule has 318 valence electrons. The number of halogens is 6. The first-order valence-electron chi connectivity index (χ1n) is 18.7. The topological polar surface area (TPSA) is 186 Å². The Balaban J connectivity index is 0.000000187. The number of carbonyl (C=O) groups is 1. The summed E-state index contributed by atoms with van der Waals surface area (Å²) in [6, 6.07) is 24.2. The lowest BCUT2D eigenvalue weighted by Crippen LogP contribution is -2.10. The second-order valence-electron chi connectivity index (χ2n) is 14.0. The molecule has 6 aromatic heterocycles. The Morgan fingerprint density at radius 2 is 1.11 bits per heavy atom. The average molecular weight is 855 g/mol. The van der Waals surface area contributed by atoms with Crippen LogP contribution >= 0.6 is 0 Å². The van der Waals surface area contributed by atoms with Crippen LogP contribution in [0.15, 0.2) is 109 Å². The Bertz CT molecular complexity index is 2930. The number of esters is 1. The summed E-state index contributed by atoms with van der Waals surface area (Å²) in [5.74, 6) is -0.630. The molecule has 5 N–H and O–H groups in total. The molecule has 0 aliphatic carbocycles. The highest BCUT2D eigenvalue weighted by Gasteiger charge is 2.34. The number of fused-ring (bicyclic) bond motifs is 2. The largest absolute Gasteiger partial charge is 0.465 e. The lowest BCUT2D eigenvalue weighted by Gasteiger charge is -2.11. The van der Waals surface area contributed by atoms with Crippen molar-refractivity contribution in [3.8, 4) is 34.2 Å². The van der Waals surface area contributed by atoms with Crippen LogP contribution in [-0.2, 0) is 23.7 Å². The van der Waals surface area contributed by atoms with Gasteiger partial charge in [-0.2, -0.15) is 36.5 Å². The molecule has 0 saturated carbocycles. The minimum absolute atomic E-state index is 0.0261. The van der Waals surface area contributed by atoms with Gasteiger partial charge in [0.15, 0.2) is 11.6 Å². The van der Waals surface area contributed by atoms with E-state index in [1.54, 1.807) is 55.5 Å². The maximum absolute atomic E-state index is 13.2. The number of hydrogen-bond donors (Lipinski definition) is 3. The first kappa shape index (κ1) is 43.0. The fraction of sp³-hybridized carbons (Fsp3) is 0.186. The summed E-state index contributed by atoms with van der Waals surface area (Å²) in [7, 11) is 1.24. The van der Waals surface area contributed by atoms with Crippen molar-refractivity contribution in [3.63, 3.8) is 0 Å². The van der Waals surface area contributed by atoms with E-state index in [4.69, 9.17) is 16.2 Å². The van der Waals surface area contributed by atoms with E-state index in [1.165, 1.54) is 53.1 Å². The standard InChI is InChI=1S/C22H18F3N5O2.C21H18F3N5O/c1-12(26)16-5-3-6-17(28-16)13-9-14(21(31)32-2)15-11-27-30(18(15)10-13)20-8-4-7-19(29-20)22(23,24)25;1-12(25)16-4-2-5-17(27-16)13-8-14(11-30)15-10-26-29(18(15)9-13)20-7-3-6-19(28-20)21(22,23)24/h3-12H,26H2,1-2H3;2-10,12,30H,11,25H2,1H3. The second kappa shape index (κ2) is 17.1. The highest BCUT2D eigenvalue weighted by Crippen LogP contribution is 2.33. The van der Waals surface area contributed by atoms with E-state index >= 15 is 0 Å². The van der Waals surface area contributed by atoms with Gasteiger partial charge in [-0.3, -0.25) is 9.97 Å². The molecule has 2 unspecified atom stereocenters. The number of aliphatic hydroxyl groups excluding tert-OH is 1. The zero-order valence-electron chi connectivity index (χ0n) is 33.0. The molecule has 0 radical (unpaired) electrons. The smallest absolute Gasteiger partial charge is 0.433 e.